The summed E-state index contributed by atoms with van der Waals surface area (Å²) >= 11 is 0. The average molecular weight is 578 g/mol. The Kier molecular flexibility index (Phi) is 10.1. The van der Waals surface area contributed by atoms with Crippen molar-refractivity contribution in [3.63, 3.8) is 0 Å². The van der Waals surface area contributed by atoms with E-state index in [-0.39, 0.29) is 5.91 Å². The lowest BCUT2D eigenvalue weighted by Crippen LogP contribution is -2.37. The van der Waals surface area contributed by atoms with Crippen molar-refractivity contribution in [1.29, 1.82) is 5.26 Å². The van der Waals surface area contributed by atoms with Crippen LogP contribution in [-0.2, 0) is 17.6 Å². The number of fused-ring (bicyclic) bond motifs is 1. The molecule has 0 radical (unpaired) electrons. The van der Waals surface area contributed by atoms with E-state index in [1.165, 1.54) is 5.56 Å². The summed E-state index contributed by atoms with van der Waals surface area (Å²) in [5, 5.41) is 13.2. The molecule has 1 saturated heterocycles. The summed E-state index contributed by atoms with van der Waals surface area (Å²) in [7, 11) is 0. The third-order valence-electron chi connectivity index (χ3n) is 7.84. The highest BCUT2D eigenvalue weighted by atomic mass is 16.5. The van der Waals surface area contributed by atoms with Gasteiger partial charge < -0.3 is 19.7 Å². The van der Waals surface area contributed by atoms with Gasteiger partial charge >= 0.3 is 0 Å². The number of carbonyl (C=O) groups is 1. The number of nitriles is 1. The van der Waals surface area contributed by atoms with Gasteiger partial charge in [0.1, 0.15) is 5.69 Å². The van der Waals surface area contributed by atoms with Gasteiger partial charge in [-0.15, -0.1) is 0 Å². The quantitative estimate of drug-likeness (QED) is 0.225. The molecule has 1 aromatic heterocycles. The molecule has 2 heterocycles. The zero-order chi connectivity index (χ0) is 30.0. The summed E-state index contributed by atoms with van der Waals surface area (Å²) in [4.78, 5) is 25.4. The number of anilines is 1. The molecule has 1 fully saturated rings. The van der Waals surface area contributed by atoms with Crippen molar-refractivity contribution in [2.75, 3.05) is 37.7 Å². The maximum atomic E-state index is 13.4. The lowest BCUT2D eigenvalue weighted by molar-refractivity contribution is -0.121. The molecule has 0 spiro atoms. The first-order chi connectivity index (χ1) is 21.1. The van der Waals surface area contributed by atoms with Crippen molar-refractivity contribution >= 4 is 22.8 Å². The van der Waals surface area contributed by atoms with Crippen molar-refractivity contribution in [3.05, 3.63) is 89.6 Å². The van der Waals surface area contributed by atoms with Crippen LogP contribution >= 0.6 is 0 Å². The van der Waals surface area contributed by atoms with Gasteiger partial charge in [-0.2, -0.15) is 5.26 Å². The van der Waals surface area contributed by atoms with Crippen molar-refractivity contribution in [2.45, 2.75) is 45.4 Å². The number of carbonyl (C=O) groups excluding carboxylic acids is 1. The van der Waals surface area contributed by atoms with E-state index in [1.54, 1.807) is 0 Å². The zero-order valence-electron chi connectivity index (χ0n) is 25.0. The van der Waals surface area contributed by atoms with Crippen LogP contribution in [0, 0.1) is 17.2 Å². The van der Waals surface area contributed by atoms with Gasteiger partial charge in [0.25, 0.3) is 0 Å². The van der Waals surface area contributed by atoms with Gasteiger partial charge in [-0.1, -0.05) is 48.5 Å². The van der Waals surface area contributed by atoms with Crippen molar-refractivity contribution in [2.24, 2.45) is 5.92 Å². The maximum absolute atomic E-state index is 13.4. The Morgan fingerprint density at radius 2 is 1.60 bits per heavy atom. The maximum Gasteiger partial charge on any atom is 0.243 e. The minimum absolute atomic E-state index is 0.372. The van der Waals surface area contributed by atoms with Gasteiger partial charge in [-0.3, -0.25) is 4.79 Å². The van der Waals surface area contributed by atoms with Gasteiger partial charge in [0.2, 0.25) is 5.91 Å². The molecule has 222 valence electrons. The van der Waals surface area contributed by atoms with Crippen LogP contribution in [-0.4, -0.2) is 48.7 Å². The Bertz CT molecular complexity index is 1560. The predicted molar refractivity (Wildman–Crippen MR) is 168 cm³/mol. The molecule has 43 heavy (non-hydrogen) atoms. The highest BCUT2D eigenvalue weighted by Crippen LogP contribution is 2.32. The van der Waals surface area contributed by atoms with E-state index in [0.29, 0.717) is 60.6 Å². The second-order valence-corrected chi connectivity index (χ2v) is 10.8. The van der Waals surface area contributed by atoms with Crippen molar-refractivity contribution < 1.29 is 14.3 Å². The summed E-state index contributed by atoms with van der Waals surface area (Å²) in [6, 6.07) is 26.2. The molecular weight excluding hydrogens is 538 g/mol. The molecule has 8 heteroatoms. The van der Waals surface area contributed by atoms with Gasteiger partial charge in [-0.25, -0.2) is 9.97 Å². The topological polar surface area (TPSA) is 100 Å². The first-order valence-electron chi connectivity index (χ1n) is 15.2. The smallest absolute Gasteiger partial charge is 0.243 e. The number of nitrogens with zero attached hydrogens (tertiary/aromatic N) is 4. The first kappa shape index (κ1) is 29.8. The number of nitrogens with one attached hydrogen (secondary N) is 1. The van der Waals surface area contributed by atoms with Crippen molar-refractivity contribution in [1.82, 2.24) is 15.3 Å². The molecule has 1 aliphatic rings. The fourth-order valence-corrected chi connectivity index (χ4v) is 5.65. The third kappa shape index (κ3) is 7.42. The predicted octanol–water partition coefficient (Wildman–Crippen LogP) is 5.85. The van der Waals surface area contributed by atoms with Crippen LogP contribution in [0.15, 0.2) is 72.8 Å². The van der Waals surface area contributed by atoms with E-state index in [2.05, 4.69) is 40.6 Å². The van der Waals surface area contributed by atoms with Gasteiger partial charge in [0.15, 0.2) is 23.2 Å². The molecular formula is C35H39N5O3. The SMILES string of the molecule is CCOc1ccc(CCNC(=O)C(C#N)c2nc3ccccc3nc2N2CCC(Cc3ccccc3)CC2)cc1OCC. The monoisotopic (exact) mass is 577 g/mol. The summed E-state index contributed by atoms with van der Waals surface area (Å²) in [5.41, 5.74) is 4.20. The summed E-state index contributed by atoms with van der Waals surface area (Å²) in [6.07, 6.45) is 3.66. The van der Waals surface area contributed by atoms with Crippen LogP contribution in [0.4, 0.5) is 5.82 Å². The van der Waals surface area contributed by atoms with Gasteiger partial charge in [0, 0.05) is 19.6 Å². The number of benzene rings is 3. The van der Waals surface area contributed by atoms with Crippen LogP contribution in [0.1, 0.15) is 49.4 Å². The Hall–Kier alpha value is -4.64. The number of aromatic nitrogens is 2. The Morgan fingerprint density at radius 3 is 2.30 bits per heavy atom. The third-order valence-corrected chi connectivity index (χ3v) is 7.84. The summed E-state index contributed by atoms with van der Waals surface area (Å²) in [5.74, 6) is 1.15. The van der Waals surface area contributed by atoms with E-state index in [0.717, 1.165) is 43.4 Å². The van der Waals surface area contributed by atoms with E-state index in [4.69, 9.17) is 19.4 Å². The summed E-state index contributed by atoms with van der Waals surface area (Å²) in [6.45, 7) is 6.93. The normalized spacial score (nSPS) is 14.2. The zero-order valence-corrected chi connectivity index (χ0v) is 25.0. The van der Waals surface area contributed by atoms with E-state index in [9.17, 15) is 10.1 Å². The number of rotatable bonds is 12. The van der Waals surface area contributed by atoms with Crippen LogP contribution in [0.25, 0.3) is 11.0 Å². The number of hydrogen-bond donors (Lipinski definition) is 1. The minimum atomic E-state index is -1.08. The van der Waals surface area contributed by atoms with E-state index >= 15 is 0 Å². The largest absolute Gasteiger partial charge is 0.490 e. The van der Waals surface area contributed by atoms with Crippen molar-refractivity contribution in [3.8, 4) is 17.6 Å². The van der Waals surface area contributed by atoms with E-state index < -0.39 is 5.92 Å². The fourth-order valence-electron chi connectivity index (χ4n) is 5.65. The molecule has 4 aromatic rings. The number of hydrogen-bond acceptors (Lipinski definition) is 7. The average Bonchev–Trinajstić information content (AvgIpc) is 3.03. The molecule has 1 aliphatic heterocycles. The Balaban J connectivity index is 1.30. The Morgan fingerprint density at radius 1 is 0.930 bits per heavy atom. The first-order valence-corrected chi connectivity index (χ1v) is 15.2. The molecule has 0 aliphatic carbocycles. The number of para-hydroxylation sites is 2. The second kappa shape index (κ2) is 14.5. The molecule has 1 atom stereocenters. The fraction of sp³-hybridized carbons (Fsp3) is 0.371. The number of amides is 1. The number of ether oxygens (including phenoxy) is 2. The standard InChI is InChI=1S/C35H39N5O3/c1-3-42-31-15-14-26(23-32(31)43-4-2)16-19-37-35(41)28(24-36)33-34(39-30-13-9-8-12-29(30)38-33)40-20-17-27(18-21-40)22-25-10-6-5-7-11-25/h5-15,23,27-28H,3-4,16-22H2,1-2H3,(H,37,41). The minimum Gasteiger partial charge on any atom is -0.490 e. The summed E-state index contributed by atoms with van der Waals surface area (Å²) < 4.78 is 11.4. The Labute approximate surface area is 253 Å². The highest BCUT2D eigenvalue weighted by Gasteiger charge is 2.30. The van der Waals surface area contributed by atoms with Crippen LogP contribution in [0.5, 0.6) is 11.5 Å². The van der Waals surface area contributed by atoms with Crippen LogP contribution in [0.3, 0.4) is 0 Å². The second-order valence-electron chi connectivity index (χ2n) is 10.8. The molecule has 1 N–H and O–H groups in total. The highest BCUT2D eigenvalue weighted by molar-refractivity contribution is 5.88. The molecule has 3 aromatic carbocycles. The molecule has 0 saturated carbocycles. The molecule has 0 bridgehead atoms. The van der Waals surface area contributed by atoms with E-state index in [1.807, 2.05) is 62.4 Å². The molecule has 5 rings (SSSR count). The van der Waals surface area contributed by atoms with Gasteiger partial charge in [0.05, 0.1) is 30.3 Å². The molecule has 8 nitrogen and oxygen atoms in total. The lowest BCUT2D eigenvalue weighted by atomic mass is 9.90. The van der Waals surface area contributed by atoms with Crippen LogP contribution in [0.2, 0.25) is 0 Å². The van der Waals surface area contributed by atoms with Gasteiger partial charge in [-0.05, 0) is 80.8 Å². The molecule has 1 amide bonds. The molecule has 1 unspecified atom stereocenters. The van der Waals surface area contributed by atoms with Crippen LogP contribution < -0.4 is 19.7 Å². The number of piperidine rings is 1. The lowest BCUT2D eigenvalue weighted by Gasteiger charge is -2.34.